The Morgan fingerprint density at radius 2 is 2.10 bits per heavy atom. The SMILES string of the molecule is CCOc1ccc(S(=O)(=O)NCC2(C)CC2)cc1CN. The molecule has 0 spiro atoms. The molecule has 20 heavy (non-hydrogen) atoms. The smallest absolute Gasteiger partial charge is 0.240 e. The number of ether oxygens (including phenoxy) is 1. The van der Waals surface area contributed by atoms with Crippen LogP contribution in [-0.2, 0) is 16.6 Å². The normalized spacial score (nSPS) is 16.9. The summed E-state index contributed by atoms with van der Waals surface area (Å²) in [7, 11) is -3.48. The topological polar surface area (TPSA) is 81.4 Å². The number of sulfonamides is 1. The molecule has 1 saturated carbocycles. The number of hydrogen-bond acceptors (Lipinski definition) is 4. The molecular formula is C14H22N2O3S. The van der Waals surface area contributed by atoms with Crippen molar-refractivity contribution in [3.8, 4) is 5.75 Å². The number of hydrogen-bond donors (Lipinski definition) is 2. The summed E-state index contributed by atoms with van der Waals surface area (Å²) in [6.45, 7) is 5.22. The van der Waals surface area contributed by atoms with Crippen molar-refractivity contribution in [3.63, 3.8) is 0 Å². The zero-order valence-electron chi connectivity index (χ0n) is 12.0. The van der Waals surface area contributed by atoms with Crippen molar-refractivity contribution >= 4 is 10.0 Å². The molecule has 2 rings (SSSR count). The number of nitrogens with one attached hydrogen (secondary N) is 1. The summed E-state index contributed by atoms with van der Waals surface area (Å²) in [6.07, 6.45) is 2.15. The van der Waals surface area contributed by atoms with Gasteiger partial charge in [0.2, 0.25) is 10.0 Å². The van der Waals surface area contributed by atoms with Gasteiger partial charge in [-0.25, -0.2) is 13.1 Å². The molecule has 0 atom stereocenters. The Morgan fingerprint density at radius 1 is 1.40 bits per heavy atom. The first-order chi connectivity index (χ1) is 9.40. The average molecular weight is 298 g/mol. The Hall–Kier alpha value is -1.11. The highest BCUT2D eigenvalue weighted by atomic mass is 32.2. The van der Waals surface area contributed by atoms with Gasteiger partial charge in [0, 0.05) is 18.7 Å². The molecule has 1 aromatic carbocycles. The maximum absolute atomic E-state index is 12.3. The van der Waals surface area contributed by atoms with E-state index in [0.29, 0.717) is 24.5 Å². The van der Waals surface area contributed by atoms with E-state index in [2.05, 4.69) is 11.6 Å². The van der Waals surface area contributed by atoms with E-state index in [1.807, 2.05) is 6.92 Å². The van der Waals surface area contributed by atoms with Crippen LogP contribution in [0.1, 0.15) is 32.3 Å². The van der Waals surface area contributed by atoms with E-state index >= 15 is 0 Å². The zero-order chi connectivity index (χ0) is 14.8. The first-order valence-corrected chi connectivity index (χ1v) is 8.34. The Kier molecular flexibility index (Phi) is 4.36. The van der Waals surface area contributed by atoms with Crippen LogP contribution >= 0.6 is 0 Å². The highest BCUT2D eigenvalue weighted by Crippen LogP contribution is 2.44. The summed E-state index contributed by atoms with van der Waals surface area (Å²) in [5, 5.41) is 0. The minimum absolute atomic E-state index is 0.134. The zero-order valence-corrected chi connectivity index (χ0v) is 12.8. The van der Waals surface area contributed by atoms with Crippen molar-refractivity contribution in [2.24, 2.45) is 11.1 Å². The fourth-order valence-electron chi connectivity index (χ4n) is 1.92. The molecule has 5 nitrogen and oxygen atoms in total. The predicted octanol–water partition coefficient (Wildman–Crippen LogP) is 1.62. The molecule has 1 aliphatic carbocycles. The Bertz CT molecular complexity index is 580. The lowest BCUT2D eigenvalue weighted by Gasteiger charge is -2.13. The van der Waals surface area contributed by atoms with Crippen LogP contribution in [0.2, 0.25) is 0 Å². The summed E-state index contributed by atoms with van der Waals surface area (Å²) >= 11 is 0. The molecule has 1 aliphatic rings. The second kappa shape index (κ2) is 5.71. The minimum atomic E-state index is -3.48. The van der Waals surface area contributed by atoms with Crippen LogP contribution in [-0.4, -0.2) is 21.6 Å². The van der Waals surface area contributed by atoms with E-state index in [1.165, 1.54) is 0 Å². The van der Waals surface area contributed by atoms with Gasteiger partial charge >= 0.3 is 0 Å². The molecule has 0 aromatic heterocycles. The van der Waals surface area contributed by atoms with Gasteiger partial charge in [-0.3, -0.25) is 0 Å². The second-order valence-corrected chi connectivity index (χ2v) is 7.31. The highest BCUT2D eigenvalue weighted by Gasteiger charge is 2.38. The van der Waals surface area contributed by atoms with Gasteiger partial charge < -0.3 is 10.5 Å². The maximum atomic E-state index is 12.3. The van der Waals surface area contributed by atoms with Gasteiger partial charge in [-0.05, 0) is 43.4 Å². The van der Waals surface area contributed by atoms with Crippen LogP contribution in [0, 0.1) is 5.41 Å². The van der Waals surface area contributed by atoms with E-state index in [4.69, 9.17) is 10.5 Å². The molecule has 0 bridgehead atoms. The fourth-order valence-corrected chi connectivity index (χ4v) is 3.17. The molecule has 3 N–H and O–H groups in total. The third-order valence-electron chi connectivity index (χ3n) is 3.65. The monoisotopic (exact) mass is 298 g/mol. The van der Waals surface area contributed by atoms with Gasteiger partial charge in [-0.15, -0.1) is 0 Å². The third kappa shape index (κ3) is 3.50. The van der Waals surface area contributed by atoms with Crippen LogP contribution in [0.3, 0.4) is 0 Å². The van der Waals surface area contributed by atoms with Crippen LogP contribution in [0.25, 0.3) is 0 Å². The number of nitrogens with two attached hydrogens (primary N) is 1. The first-order valence-electron chi connectivity index (χ1n) is 6.86. The predicted molar refractivity (Wildman–Crippen MR) is 78.0 cm³/mol. The first kappa shape index (κ1) is 15.3. The minimum Gasteiger partial charge on any atom is -0.494 e. The van der Waals surface area contributed by atoms with E-state index in [9.17, 15) is 8.42 Å². The van der Waals surface area contributed by atoms with Gasteiger partial charge in [0.1, 0.15) is 5.75 Å². The molecule has 0 unspecified atom stereocenters. The standard InChI is InChI=1S/C14H22N2O3S/c1-3-19-13-5-4-12(8-11(13)9-15)20(17,18)16-10-14(2)6-7-14/h4-5,8,16H,3,6-7,9-10,15H2,1-2H3. The van der Waals surface area contributed by atoms with Crippen molar-refractivity contribution < 1.29 is 13.2 Å². The molecule has 0 radical (unpaired) electrons. The van der Waals surface area contributed by atoms with E-state index in [-0.39, 0.29) is 16.9 Å². The Morgan fingerprint density at radius 3 is 2.65 bits per heavy atom. The van der Waals surface area contributed by atoms with Crippen molar-refractivity contribution in [3.05, 3.63) is 23.8 Å². The van der Waals surface area contributed by atoms with E-state index in [0.717, 1.165) is 12.8 Å². The Labute approximate surface area is 120 Å². The van der Waals surface area contributed by atoms with Gasteiger partial charge in [-0.2, -0.15) is 0 Å². The average Bonchev–Trinajstić information content (AvgIpc) is 3.16. The summed E-state index contributed by atoms with van der Waals surface area (Å²) < 4.78 is 32.6. The molecule has 112 valence electrons. The molecule has 0 saturated heterocycles. The largest absolute Gasteiger partial charge is 0.494 e. The summed E-state index contributed by atoms with van der Waals surface area (Å²) in [6, 6.07) is 4.81. The molecule has 1 fully saturated rings. The second-order valence-electron chi connectivity index (χ2n) is 5.54. The fraction of sp³-hybridized carbons (Fsp3) is 0.571. The third-order valence-corrected chi connectivity index (χ3v) is 5.05. The van der Waals surface area contributed by atoms with Gasteiger partial charge in [0.05, 0.1) is 11.5 Å². The highest BCUT2D eigenvalue weighted by molar-refractivity contribution is 7.89. The number of rotatable bonds is 7. The van der Waals surface area contributed by atoms with Gasteiger partial charge in [-0.1, -0.05) is 6.92 Å². The van der Waals surface area contributed by atoms with Crippen LogP contribution < -0.4 is 15.2 Å². The van der Waals surface area contributed by atoms with Crippen LogP contribution in [0.15, 0.2) is 23.1 Å². The molecule has 0 aliphatic heterocycles. The quantitative estimate of drug-likeness (QED) is 0.801. The molecule has 0 heterocycles. The van der Waals surface area contributed by atoms with Crippen molar-refractivity contribution in [1.82, 2.24) is 4.72 Å². The molecule has 0 amide bonds. The Balaban J connectivity index is 2.18. The summed E-state index contributed by atoms with van der Waals surface area (Å²) in [5.41, 5.74) is 6.49. The van der Waals surface area contributed by atoms with Crippen molar-refractivity contribution in [2.75, 3.05) is 13.2 Å². The molecular weight excluding hydrogens is 276 g/mol. The van der Waals surface area contributed by atoms with E-state index < -0.39 is 10.0 Å². The van der Waals surface area contributed by atoms with Crippen molar-refractivity contribution in [2.45, 2.75) is 38.1 Å². The maximum Gasteiger partial charge on any atom is 0.240 e. The lowest BCUT2D eigenvalue weighted by Crippen LogP contribution is -2.29. The van der Waals surface area contributed by atoms with Crippen molar-refractivity contribution in [1.29, 1.82) is 0 Å². The molecule has 1 aromatic rings. The summed E-state index contributed by atoms with van der Waals surface area (Å²) in [5.74, 6) is 0.642. The molecule has 6 heteroatoms. The number of benzene rings is 1. The van der Waals surface area contributed by atoms with E-state index in [1.54, 1.807) is 18.2 Å². The van der Waals surface area contributed by atoms with Gasteiger partial charge in [0.15, 0.2) is 0 Å². The summed E-state index contributed by atoms with van der Waals surface area (Å²) in [4.78, 5) is 0.241. The lowest BCUT2D eigenvalue weighted by atomic mass is 10.2. The van der Waals surface area contributed by atoms with Crippen LogP contribution in [0.4, 0.5) is 0 Å². The lowest BCUT2D eigenvalue weighted by molar-refractivity contribution is 0.336. The van der Waals surface area contributed by atoms with Crippen LogP contribution in [0.5, 0.6) is 5.75 Å². The van der Waals surface area contributed by atoms with Gasteiger partial charge in [0.25, 0.3) is 0 Å².